The zero-order chi connectivity index (χ0) is 12.5. The summed E-state index contributed by atoms with van der Waals surface area (Å²) in [6.07, 6.45) is 5.73. The predicted octanol–water partition coefficient (Wildman–Crippen LogP) is 3.52. The summed E-state index contributed by atoms with van der Waals surface area (Å²) < 4.78 is 5.98. The number of nitrogens with two attached hydrogens (primary N) is 1. The van der Waals surface area contributed by atoms with Crippen LogP contribution in [-0.2, 0) is 0 Å². The third-order valence-electron chi connectivity index (χ3n) is 4.73. The first-order valence-electron chi connectivity index (χ1n) is 7.20. The van der Waals surface area contributed by atoms with Crippen molar-refractivity contribution in [1.29, 1.82) is 0 Å². The van der Waals surface area contributed by atoms with Crippen LogP contribution >= 0.6 is 0 Å². The highest BCUT2D eigenvalue weighted by atomic mass is 16.5. The lowest BCUT2D eigenvalue weighted by Gasteiger charge is -2.22. The number of rotatable bonds is 4. The largest absolute Gasteiger partial charge is 0.493 e. The highest BCUT2D eigenvalue weighted by molar-refractivity contribution is 5.30. The van der Waals surface area contributed by atoms with Gasteiger partial charge in [0.2, 0.25) is 0 Å². The van der Waals surface area contributed by atoms with E-state index in [9.17, 15) is 0 Å². The van der Waals surface area contributed by atoms with E-state index in [1.54, 1.807) is 0 Å². The van der Waals surface area contributed by atoms with Gasteiger partial charge in [0.15, 0.2) is 0 Å². The van der Waals surface area contributed by atoms with E-state index >= 15 is 0 Å². The Balaban J connectivity index is 1.58. The van der Waals surface area contributed by atoms with Gasteiger partial charge in [0.05, 0.1) is 6.61 Å². The lowest BCUT2D eigenvalue weighted by atomic mass is 9.89. The maximum atomic E-state index is 5.98. The fraction of sp³-hybridized carbons (Fsp3) is 0.625. The quantitative estimate of drug-likeness (QED) is 0.881. The van der Waals surface area contributed by atoms with Crippen LogP contribution in [0.4, 0.5) is 0 Å². The van der Waals surface area contributed by atoms with Crippen molar-refractivity contribution >= 4 is 0 Å². The van der Waals surface area contributed by atoms with E-state index in [1.165, 1.54) is 25.7 Å². The maximum Gasteiger partial charge on any atom is 0.119 e. The van der Waals surface area contributed by atoms with E-state index in [0.717, 1.165) is 35.7 Å². The summed E-state index contributed by atoms with van der Waals surface area (Å²) in [7, 11) is 0. The van der Waals surface area contributed by atoms with E-state index in [4.69, 9.17) is 10.5 Å². The molecule has 2 aliphatic rings. The topological polar surface area (TPSA) is 35.2 Å². The number of hydrogen-bond donors (Lipinski definition) is 1. The average molecular weight is 245 g/mol. The Morgan fingerprint density at radius 3 is 2.89 bits per heavy atom. The van der Waals surface area contributed by atoms with Gasteiger partial charge >= 0.3 is 0 Å². The fourth-order valence-corrected chi connectivity index (χ4v) is 3.67. The second kappa shape index (κ2) is 4.93. The first-order chi connectivity index (χ1) is 8.72. The van der Waals surface area contributed by atoms with Gasteiger partial charge in [-0.25, -0.2) is 0 Å². The number of hydrogen-bond acceptors (Lipinski definition) is 2. The molecule has 0 heterocycles. The molecule has 2 aliphatic carbocycles. The molecular weight excluding hydrogens is 222 g/mol. The van der Waals surface area contributed by atoms with Gasteiger partial charge in [0.25, 0.3) is 0 Å². The monoisotopic (exact) mass is 245 g/mol. The lowest BCUT2D eigenvalue weighted by Crippen LogP contribution is -2.18. The van der Waals surface area contributed by atoms with Gasteiger partial charge in [-0.3, -0.25) is 0 Å². The maximum absolute atomic E-state index is 5.98. The van der Waals surface area contributed by atoms with Gasteiger partial charge in [0, 0.05) is 6.04 Å². The van der Waals surface area contributed by atoms with Gasteiger partial charge in [-0.2, -0.15) is 0 Å². The van der Waals surface area contributed by atoms with Gasteiger partial charge in [-0.05, 0) is 61.6 Å². The van der Waals surface area contributed by atoms with Crippen molar-refractivity contribution in [3.8, 4) is 5.75 Å². The minimum absolute atomic E-state index is 0.0797. The minimum atomic E-state index is 0.0797. The van der Waals surface area contributed by atoms with Crippen molar-refractivity contribution in [1.82, 2.24) is 0 Å². The van der Waals surface area contributed by atoms with Crippen LogP contribution in [0.15, 0.2) is 24.3 Å². The van der Waals surface area contributed by atoms with E-state index in [2.05, 4.69) is 12.1 Å². The second-order valence-corrected chi connectivity index (χ2v) is 6.11. The van der Waals surface area contributed by atoms with Crippen LogP contribution in [0.1, 0.15) is 44.2 Å². The predicted molar refractivity (Wildman–Crippen MR) is 73.5 cm³/mol. The average Bonchev–Trinajstić information content (AvgIpc) is 2.99. The molecule has 3 rings (SSSR count). The summed E-state index contributed by atoms with van der Waals surface area (Å²) in [6, 6.07) is 8.30. The number of fused-ring (bicyclic) bond motifs is 2. The Morgan fingerprint density at radius 2 is 2.22 bits per heavy atom. The van der Waals surface area contributed by atoms with Crippen molar-refractivity contribution in [2.24, 2.45) is 23.5 Å². The molecule has 2 nitrogen and oxygen atoms in total. The van der Waals surface area contributed by atoms with E-state index in [1.807, 2.05) is 19.1 Å². The third-order valence-corrected chi connectivity index (χ3v) is 4.73. The Hall–Kier alpha value is -1.02. The van der Waals surface area contributed by atoms with Gasteiger partial charge in [0.1, 0.15) is 5.75 Å². The Kier molecular flexibility index (Phi) is 3.29. The third kappa shape index (κ3) is 2.39. The van der Waals surface area contributed by atoms with Crippen LogP contribution in [0, 0.1) is 17.8 Å². The fourth-order valence-electron chi connectivity index (χ4n) is 3.67. The molecule has 18 heavy (non-hydrogen) atoms. The molecule has 1 aromatic carbocycles. The first-order valence-corrected chi connectivity index (χ1v) is 7.20. The summed E-state index contributed by atoms with van der Waals surface area (Å²) in [5.41, 5.74) is 7.05. The molecule has 2 fully saturated rings. The first kappa shape index (κ1) is 12.0. The standard InChI is InChI=1S/C16H23NO/c1-11(17)13-3-2-4-16(9-13)18-10-15-8-12-5-6-14(15)7-12/h2-4,9,11-12,14-15H,5-8,10,17H2,1H3. The second-order valence-electron chi connectivity index (χ2n) is 6.11. The summed E-state index contributed by atoms with van der Waals surface area (Å²) in [5, 5.41) is 0. The number of benzene rings is 1. The van der Waals surface area contributed by atoms with Gasteiger partial charge in [-0.15, -0.1) is 0 Å². The Bertz CT molecular complexity index is 415. The molecule has 0 amide bonds. The SMILES string of the molecule is CC(N)c1cccc(OCC2CC3CCC2C3)c1. The van der Waals surface area contributed by atoms with Crippen molar-refractivity contribution in [3.05, 3.63) is 29.8 Å². The molecule has 4 unspecified atom stereocenters. The van der Waals surface area contributed by atoms with E-state index < -0.39 is 0 Å². The molecule has 98 valence electrons. The summed E-state index contributed by atoms with van der Waals surface area (Å²) in [5.74, 6) is 3.71. The molecule has 0 aromatic heterocycles. The lowest BCUT2D eigenvalue weighted by molar-refractivity contribution is 0.195. The summed E-state index contributed by atoms with van der Waals surface area (Å²) >= 11 is 0. The minimum Gasteiger partial charge on any atom is -0.493 e. The smallest absolute Gasteiger partial charge is 0.119 e. The highest BCUT2D eigenvalue weighted by Crippen LogP contribution is 2.48. The van der Waals surface area contributed by atoms with Gasteiger partial charge in [-0.1, -0.05) is 18.6 Å². The van der Waals surface area contributed by atoms with Crippen LogP contribution in [-0.4, -0.2) is 6.61 Å². The highest BCUT2D eigenvalue weighted by Gasteiger charge is 2.39. The van der Waals surface area contributed by atoms with Crippen molar-refractivity contribution < 1.29 is 4.74 Å². The molecule has 4 atom stereocenters. The Morgan fingerprint density at radius 1 is 1.33 bits per heavy atom. The normalized spacial score (nSPS) is 31.6. The van der Waals surface area contributed by atoms with Gasteiger partial charge < -0.3 is 10.5 Å². The molecule has 2 heteroatoms. The van der Waals surface area contributed by atoms with Crippen LogP contribution in [0.5, 0.6) is 5.75 Å². The van der Waals surface area contributed by atoms with Crippen LogP contribution in [0.25, 0.3) is 0 Å². The molecule has 1 aromatic rings. The van der Waals surface area contributed by atoms with Crippen LogP contribution in [0.2, 0.25) is 0 Å². The Labute approximate surface area is 110 Å². The van der Waals surface area contributed by atoms with E-state index in [-0.39, 0.29) is 6.04 Å². The molecule has 0 spiro atoms. The molecule has 0 radical (unpaired) electrons. The molecule has 0 aliphatic heterocycles. The van der Waals surface area contributed by atoms with Crippen LogP contribution < -0.4 is 10.5 Å². The number of ether oxygens (including phenoxy) is 1. The molecule has 0 saturated heterocycles. The van der Waals surface area contributed by atoms with Crippen LogP contribution in [0.3, 0.4) is 0 Å². The molecular formula is C16H23NO. The molecule has 2 bridgehead atoms. The summed E-state index contributed by atoms with van der Waals surface area (Å²) in [6.45, 7) is 2.90. The van der Waals surface area contributed by atoms with E-state index in [0.29, 0.717) is 0 Å². The van der Waals surface area contributed by atoms with Crippen molar-refractivity contribution in [2.75, 3.05) is 6.61 Å². The molecule has 2 saturated carbocycles. The van der Waals surface area contributed by atoms with Crippen molar-refractivity contribution in [3.63, 3.8) is 0 Å². The molecule has 2 N–H and O–H groups in total. The van der Waals surface area contributed by atoms with Crippen molar-refractivity contribution in [2.45, 2.75) is 38.6 Å². The summed E-state index contributed by atoms with van der Waals surface area (Å²) in [4.78, 5) is 0. The zero-order valence-electron chi connectivity index (χ0n) is 11.1. The zero-order valence-corrected chi connectivity index (χ0v) is 11.1.